The molecule has 0 radical (unpaired) electrons. The van der Waals surface area contributed by atoms with Crippen LogP contribution in [-0.2, 0) is 10.2 Å². The molecule has 0 unspecified atom stereocenters. The molecule has 4 nitrogen and oxygen atoms in total. The normalized spacial score (nSPS) is 25.4. The molecule has 0 aromatic heterocycles. The van der Waals surface area contributed by atoms with Gasteiger partial charge in [-0.25, -0.2) is 0 Å². The Morgan fingerprint density at radius 1 is 0.909 bits per heavy atom. The third-order valence-electron chi connectivity index (χ3n) is 7.44. The summed E-state index contributed by atoms with van der Waals surface area (Å²) in [6.07, 6.45) is 5.32. The van der Waals surface area contributed by atoms with Crippen LogP contribution in [0.1, 0.15) is 37.4 Å². The number of anilines is 2. The van der Waals surface area contributed by atoms with Gasteiger partial charge >= 0.3 is 0 Å². The molecule has 0 amide bonds. The van der Waals surface area contributed by atoms with Crippen molar-refractivity contribution < 1.29 is 4.74 Å². The monoisotopic (exact) mass is 435 g/mol. The van der Waals surface area contributed by atoms with Crippen molar-refractivity contribution in [3.8, 4) is 0 Å². The van der Waals surface area contributed by atoms with Gasteiger partial charge in [0.1, 0.15) is 0 Å². The summed E-state index contributed by atoms with van der Waals surface area (Å²) >= 11 is 0. The molecule has 1 fully saturated rings. The van der Waals surface area contributed by atoms with Gasteiger partial charge in [-0.05, 0) is 41.5 Å². The summed E-state index contributed by atoms with van der Waals surface area (Å²) < 4.78 is 6.52. The summed E-state index contributed by atoms with van der Waals surface area (Å²) in [5.74, 6) is 0. The van der Waals surface area contributed by atoms with E-state index in [0.29, 0.717) is 0 Å². The molecule has 0 saturated carbocycles. The second kappa shape index (κ2) is 7.60. The molecule has 4 heteroatoms. The van der Waals surface area contributed by atoms with Gasteiger partial charge in [0, 0.05) is 24.1 Å². The highest BCUT2D eigenvalue weighted by Gasteiger charge is 2.59. The first-order valence-electron chi connectivity index (χ1n) is 11.8. The van der Waals surface area contributed by atoms with Crippen molar-refractivity contribution >= 4 is 17.1 Å². The number of nitrogens with zero attached hydrogens (tertiary/aromatic N) is 3. The van der Waals surface area contributed by atoms with Gasteiger partial charge in [0.05, 0.1) is 24.0 Å². The van der Waals surface area contributed by atoms with E-state index in [4.69, 9.17) is 9.84 Å². The average molecular weight is 436 g/mol. The fourth-order valence-electron chi connectivity index (χ4n) is 5.73. The number of hydrazone groups is 1. The molecule has 33 heavy (non-hydrogen) atoms. The predicted octanol–water partition coefficient (Wildman–Crippen LogP) is 6.07. The van der Waals surface area contributed by atoms with Gasteiger partial charge in [-0.2, -0.15) is 5.10 Å². The Hall–Kier alpha value is -3.37. The lowest BCUT2D eigenvalue weighted by Crippen LogP contribution is -2.51. The smallest absolute Gasteiger partial charge is 0.170 e. The summed E-state index contributed by atoms with van der Waals surface area (Å²) in [6, 6.07) is 30.0. The second-order valence-electron chi connectivity index (χ2n) is 9.57. The fourth-order valence-corrected chi connectivity index (χ4v) is 5.73. The van der Waals surface area contributed by atoms with E-state index < -0.39 is 5.72 Å². The van der Waals surface area contributed by atoms with E-state index in [1.165, 1.54) is 16.8 Å². The summed E-state index contributed by atoms with van der Waals surface area (Å²) in [5.41, 5.74) is 5.44. The Bertz CT molecular complexity index is 1220. The molecule has 3 aliphatic rings. The third kappa shape index (κ3) is 3.05. The number of para-hydroxylation sites is 2. The van der Waals surface area contributed by atoms with E-state index in [-0.39, 0.29) is 11.5 Å². The Labute approximate surface area is 195 Å². The Morgan fingerprint density at radius 2 is 1.61 bits per heavy atom. The molecule has 0 spiro atoms. The third-order valence-corrected chi connectivity index (χ3v) is 7.44. The number of ether oxygens (including phenoxy) is 1. The van der Waals surface area contributed by atoms with Gasteiger partial charge in [-0.15, -0.1) is 0 Å². The number of allylic oxidation sites excluding steroid dienone is 1. The van der Waals surface area contributed by atoms with Crippen LogP contribution < -0.4 is 9.91 Å². The average Bonchev–Trinajstić information content (AvgIpc) is 3.53. The zero-order chi connectivity index (χ0) is 22.5. The van der Waals surface area contributed by atoms with Gasteiger partial charge in [0.15, 0.2) is 5.72 Å². The maximum atomic E-state index is 6.52. The highest BCUT2D eigenvalue weighted by atomic mass is 16.5. The lowest BCUT2D eigenvalue weighted by atomic mass is 9.77. The van der Waals surface area contributed by atoms with E-state index in [9.17, 15) is 0 Å². The van der Waals surface area contributed by atoms with Crippen molar-refractivity contribution in [2.24, 2.45) is 5.10 Å². The first-order chi connectivity index (χ1) is 16.1. The Morgan fingerprint density at radius 3 is 2.39 bits per heavy atom. The van der Waals surface area contributed by atoms with Crippen molar-refractivity contribution in [2.75, 3.05) is 23.1 Å². The second-order valence-corrected chi connectivity index (χ2v) is 9.57. The van der Waals surface area contributed by atoms with Crippen molar-refractivity contribution in [1.82, 2.24) is 0 Å². The predicted molar refractivity (Wildman–Crippen MR) is 135 cm³/mol. The molecular formula is C29H29N3O. The molecule has 1 saturated heterocycles. The summed E-state index contributed by atoms with van der Waals surface area (Å²) in [5, 5.41) is 7.24. The Balaban J connectivity index is 1.37. The van der Waals surface area contributed by atoms with Gasteiger partial charge in [-0.1, -0.05) is 80.6 Å². The zero-order valence-electron chi connectivity index (χ0n) is 19.2. The largest absolute Gasteiger partial charge is 0.349 e. The van der Waals surface area contributed by atoms with Gasteiger partial charge < -0.3 is 9.64 Å². The van der Waals surface area contributed by atoms with Gasteiger partial charge in [-0.3, -0.25) is 5.01 Å². The summed E-state index contributed by atoms with van der Waals surface area (Å²) in [4.78, 5) is 2.43. The molecule has 3 aliphatic heterocycles. The fraction of sp³-hybridized carbons (Fsp3) is 0.276. The molecule has 3 aromatic rings. The van der Waals surface area contributed by atoms with Gasteiger partial charge in [0.25, 0.3) is 0 Å². The topological polar surface area (TPSA) is 28.1 Å². The van der Waals surface area contributed by atoms with Crippen molar-refractivity contribution in [2.45, 2.75) is 37.5 Å². The maximum absolute atomic E-state index is 6.52. The van der Waals surface area contributed by atoms with Crippen molar-refractivity contribution in [3.63, 3.8) is 0 Å². The molecular weight excluding hydrogens is 406 g/mol. The summed E-state index contributed by atoms with van der Waals surface area (Å²) in [7, 11) is 0. The molecule has 166 valence electrons. The van der Waals surface area contributed by atoms with Crippen molar-refractivity contribution in [1.29, 1.82) is 0 Å². The number of fused-ring (bicyclic) bond motifs is 3. The molecule has 0 aliphatic carbocycles. The molecule has 0 N–H and O–H groups in total. The minimum absolute atomic E-state index is 0.159. The van der Waals surface area contributed by atoms with Crippen molar-refractivity contribution in [3.05, 3.63) is 108 Å². The number of hydrogen-bond acceptors (Lipinski definition) is 4. The first-order valence-corrected chi connectivity index (χ1v) is 11.8. The standard InChI is InChI=1S/C29H29N3O/c1-28(2)25-15-9-10-16-26(25)31-19-20-33-29(28,31)18-17-23-21-27(22-11-5-3-6-12-22)32(30-23)24-13-7-4-8-14-24/h3-18,27H,19-21H2,1-2H3/b18-17-/t27-,29+/m0/s1. The quantitative estimate of drug-likeness (QED) is 0.498. The minimum atomic E-state index is -0.485. The van der Waals surface area contributed by atoms with Crippen LogP contribution in [0.25, 0.3) is 0 Å². The number of hydrogen-bond donors (Lipinski definition) is 0. The molecule has 2 atom stereocenters. The SMILES string of the molecule is CC1(C)c2ccccc2N2CCO[C@@]21/C=C\C1=NN(c2ccccc2)[C@H](c2ccccc2)C1. The lowest BCUT2D eigenvalue weighted by Gasteiger charge is -2.39. The van der Waals surface area contributed by atoms with E-state index in [0.717, 1.165) is 31.0 Å². The van der Waals surface area contributed by atoms with Crippen LogP contribution >= 0.6 is 0 Å². The molecule has 3 heterocycles. The minimum Gasteiger partial charge on any atom is -0.349 e. The van der Waals surface area contributed by atoms with E-state index in [2.05, 4.69) is 115 Å². The summed E-state index contributed by atoms with van der Waals surface area (Å²) in [6.45, 7) is 6.22. The molecule has 0 bridgehead atoms. The van der Waals surface area contributed by atoms with Crippen LogP contribution in [0.3, 0.4) is 0 Å². The van der Waals surface area contributed by atoms with E-state index in [1.807, 2.05) is 6.07 Å². The van der Waals surface area contributed by atoms with Crippen LogP contribution in [0.4, 0.5) is 11.4 Å². The van der Waals surface area contributed by atoms with Crippen LogP contribution in [0.15, 0.2) is 102 Å². The van der Waals surface area contributed by atoms with E-state index >= 15 is 0 Å². The first kappa shape index (κ1) is 20.3. The molecule has 3 aromatic carbocycles. The van der Waals surface area contributed by atoms with E-state index in [1.54, 1.807) is 0 Å². The van der Waals surface area contributed by atoms with Crippen LogP contribution in [-0.4, -0.2) is 24.6 Å². The molecule has 6 rings (SSSR count). The number of benzene rings is 3. The number of rotatable bonds is 4. The van der Waals surface area contributed by atoms with Crippen LogP contribution in [0, 0.1) is 0 Å². The highest BCUT2D eigenvalue weighted by Crippen LogP contribution is 2.54. The maximum Gasteiger partial charge on any atom is 0.170 e. The van der Waals surface area contributed by atoms with Gasteiger partial charge in [0.2, 0.25) is 0 Å². The lowest BCUT2D eigenvalue weighted by molar-refractivity contribution is -0.000230. The van der Waals surface area contributed by atoms with Crippen LogP contribution in [0.2, 0.25) is 0 Å². The highest BCUT2D eigenvalue weighted by molar-refractivity contribution is 5.98. The van der Waals surface area contributed by atoms with Crippen LogP contribution in [0.5, 0.6) is 0 Å². The Kier molecular flexibility index (Phi) is 4.66. The zero-order valence-corrected chi connectivity index (χ0v) is 19.2.